The summed E-state index contributed by atoms with van der Waals surface area (Å²) < 4.78 is 5.19. The maximum Gasteiger partial charge on any atom is 0.237 e. The zero-order valence-electron chi connectivity index (χ0n) is 11.9. The van der Waals surface area contributed by atoms with Gasteiger partial charge in [0.25, 0.3) is 0 Å². The van der Waals surface area contributed by atoms with Crippen LogP contribution in [0.15, 0.2) is 22.8 Å². The largest absolute Gasteiger partial charge is 0.467 e. The van der Waals surface area contributed by atoms with Gasteiger partial charge in [-0.25, -0.2) is 0 Å². The first kappa shape index (κ1) is 14.1. The van der Waals surface area contributed by atoms with Crippen LogP contribution in [-0.4, -0.2) is 18.5 Å². The van der Waals surface area contributed by atoms with Crippen LogP contribution in [0.3, 0.4) is 0 Å². The Morgan fingerprint density at radius 2 is 2.32 bits per heavy atom. The van der Waals surface area contributed by atoms with Crippen LogP contribution in [0.25, 0.3) is 0 Å². The normalized spacial score (nSPS) is 18.6. The minimum Gasteiger partial charge on any atom is -0.467 e. The highest BCUT2D eigenvalue weighted by Gasteiger charge is 2.35. The molecule has 0 spiro atoms. The number of carbonyl (C=O) groups excluding carboxylic acids is 1. The van der Waals surface area contributed by atoms with Gasteiger partial charge in [0, 0.05) is 6.54 Å². The van der Waals surface area contributed by atoms with Gasteiger partial charge < -0.3 is 15.1 Å². The van der Waals surface area contributed by atoms with Gasteiger partial charge in [-0.05, 0) is 43.7 Å². The lowest BCUT2D eigenvalue weighted by molar-refractivity contribution is -0.123. The van der Waals surface area contributed by atoms with E-state index in [2.05, 4.69) is 17.6 Å². The molecular weight excluding hydrogens is 240 g/mol. The van der Waals surface area contributed by atoms with Crippen molar-refractivity contribution in [3.8, 4) is 0 Å². The monoisotopic (exact) mass is 264 g/mol. The Hall–Kier alpha value is -1.29. The highest BCUT2D eigenvalue weighted by molar-refractivity contribution is 5.81. The van der Waals surface area contributed by atoms with E-state index in [-0.39, 0.29) is 11.9 Å². The zero-order chi connectivity index (χ0) is 13.7. The summed E-state index contributed by atoms with van der Waals surface area (Å²) in [6, 6.07) is 3.53. The van der Waals surface area contributed by atoms with Crippen LogP contribution in [0.2, 0.25) is 0 Å². The van der Waals surface area contributed by atoms with Gasteiger partial charge in [-0.15, -0.1) is 0 Å². The van der Waals surface area contributed by atoms with Gasteiger partial charge in [-0.1, -0.05) is 13.3 Å². The van der Waals surface area contributed by atoms with Crippen LogP contribution < -0.4 is 10.6 Å². The first-order valence-electron chi connectivity index (χ1n) is 7.19. The predicted octanol–water partition coefficient (Wildman–Crippen LogP) is 2.45. The lowest BCUT2D eigenvalue weighted by atomic mass is 9.67. The van der Waals surface area contributed by atoms with Crippen molar-refractivity contribution >= 4 is 5.91 Å². The van der Waals surface area contributed by atoms with Gasteiger partial charge >= 0.3 is 0 Å². The van der Waals surface area contributed by atoms with Crippen molar-refractivity contribution in [2.24, 2.45) is 5.41 Å². The summed E-state index contributed by atoms with van der Waals surface area (Å²) in [4.78, 5) is 11.9. The summed E-state index contributed by atoms with van der Waals surface area (Å²) in [6.07, 6.45) is 6.72. The molecule has 1 saturated carbocycles. The van der Waals surface area contributed by atoms with Crippen LogP contribution >= 0.6 is 0 Å². The summed E-state index contributed by atoms with van der Waals surface area (Å²) in [5.74, 6) is 0.812. The molecular formula is C15H24N2O2. The van der Waals surface area contributed by atoms with Crippen LogP contribution in [0, 0.1) is 5.41 Å². The Labute approximate surface area is 114 Å². The molecule has 1 aliphatic carbocycles. The van der Waals surface area contributed by atoms with Crippen LogP contribution in [0.5, 0.6) is 0 Å². The molecule has 2 N–H and O–H groups in total. The van der Waals surface area contributed by atoms with Crippen molar-refractivity contribution in [1.82, 2.24) is 10.6 Å². The lowest BCUT2D eigenvalue weighted by Gasteiger charge is -2.42. The SMILES string of the molecule is CCC1(CNC(C)C(=O)NCc2ccco2)CCC1. The fourth-order valence-electron chi connectivity index (χ4n) is 2.53. The molecule has 0 aliphatic heterocycles. The van der Waals surface area contributed by atoms with Gasteiger partial charge in [0.05, 0.1) is 18.8 Å². The minimum absolute atomic E-state index is 0.0296. The van der Waals surface area contributed by atoms with E-state index in [9.17, 15) is 4.79 Å². The second kappa shape index (κ2) is 6.24. The average molecular weight is 264 g/mol. The van der Waals surface area contributed by atoms with Gasteiger partial charge in [0.15, 0.2) is 0 Å². The molecule has 1 amide bonds. The van der Waals surface area contributed by atoms with Crippen molar-refractivity contribution in [3.05, 3.63) is 24.2 Å². The molecule has 1 aromatic heterocycles. The molecule has 0 radical (unpaired) electrons. The molecule has 1 fully saturated rings. The van der Waals surface area contributed by atoms with Crippen LogP contribution in [-0.2, 0) is 11.3 Å². The fourth-order valence-corrected chi connectivity index (χ4v) is 2.53. The van der Waals surface area contributed by atoms with Crippen LogP contribution in [0.4, 0.5) is 0 Å². The fraction of sp³-hybridized carbons (Fsp3) is 0.667. The smallest absolute Gasteiger partial charge is 0.237 e. The predicted molar refractivity (Wildman–Crippen MR) is 74.6 cm³/mol. The minimum atomic E-state index is -0.154. The standard InChI is InChI=1S/C15H24N2O2/c1-3-15(7-5-8-15)11-17-12(2)14(18)16-10-13-6-4-9-19-13/h4,6,9,12,17H,3,5,7-8,10-11H2,1-2H3,(H,16,18). The van der Waals surface area contributed by atoms with E-state index in [4.69, 9.17) is 4.42 Å². The summed E-state index contributed by atoms with van der Waals surface area (Å²) in [7, 11) is 0. The zero-order valence-corrected chi connectivity index (χ0v) is 11.9. The molecule has 0 bridgehead atoms. The van der Waals surface area contributed by atoms with Gasteiger partial charge in [-0.2, -0.15) is 0 Å². The molecule has 0 saturated heterocycles. The Morgan fingerprint density at radius 3 is 2.84 bits per heavy atom. The summed E-state index contributed by atoms with van der Waals surface area (Å²) >= 11 is 0. The van der Waals surface area contributed by atoms with Gasteiger partial charge in [-0.3, -0.25) is 4.79 Å². The summed E-state index contributed by atoms with van der Waals surface area (Å²) in [6.45, 7) is 5.55. The Kier molecular flexibility index (Phi) is 4.64. The van der Waals surface area contributed by atoms with E-state index in [1.54, 1.807) is 6.26 Å². The molecule has 1 heterocycles. The van der Waals surface area contributed by atoms with Gasteiger partial charge in [0.2, 0.25) is 5.91 Å². The third-order valence-corrected chi connectivity index (χ3v) is 4.36. The Balaban J connectivity index is 1.70. The van der Waals surface area contributed by atoms with Crippen LogP contribution in [0.1, 0.15) is 45.3 Å². The van der Waals surface area contributed by atoms with E-state index < -0.39 is 0 Å². The van der Waals surface area contributed by atoms with Crippen molar-refractivity contribution in [3.63, 3.8) is 0 Å². The molecule has 1 aromatic rings. The van der Waals surface area contributed by atoms with Gasteiger partial charge in [0.1, 0.15) is 5.76 Å². The third-order valence-electron chi connectivity index (χ3n) is 4.36. The Bertz CT molecular complexity index is 391. The van der Waals surface area contributed by atoms with E-state index >= 15 is 0 Å². The second-order valence-electron chi connectivity index (χ2n) is 5.61. The van der Waals surface area contributed by atoms with Crippen molar-refractivity contribution in [2.75, 3.05) is 6.54 Å². The lowest BCUT2D eigenvalue weighted by Crippen LogP contribution is -2.48. The Morgan fingerprint density at radius 1 is 1.53 bits per heavy atom. The molecule has 19 heavy (non-hydrogen) atoms. The summed E-state index contributed by atoms with van der Waals surface area (Å²) in [5, 5.41) is 6.24. The number of carbonyl (C=O) groups is 1. The maximum absolute atomic E-state index is 11.9. The molecule has 1 unspecified atom stereocenters. The molecule has 1 atom stereocenters. The van der Waals surface area contributed by atoms with Crippen molar-refractivity contribution < 1.29 is 9.21 Å². The first-order chi connectivity index (χ1) is 9.15. The average Bonchev–Trinajstić information content (AvgIpc) is 2.88. The van der Waals surface area contributed by atoms with E-state index in [0.29, 0.717) is 12.0 Å². The third kappa shape index (κ3) is 3.60. The number of hydrogen-bond acceptors (Lipinski definition) is 3. The van der Waals surface area contributed by atoms with Crippen molar-refractivity contribution in [1.29, 1.82) is 0 Å². The number of hydrogen-bond donors (Lipinski definition) is 2. The molecule has 4 nitrogen and oxygen atoms in total. The first-order valence-corrected chi connectivity index (χ1v) is 7.19. The molecule has 4 heteroatoms. The second-order valence-corrected chi connectivity index (χ2v) is 5.61. The summed E-state index contributed by atoms with van der Waals surface area (Å²) in [5.41, 5.74) is 0.440. The quantitative estimate of drug-likeness (QED) is 0.795. The van der Waals surface area contributed by atoms with Crippen molar-refractivity contribution in [2.45, 2.75) is 52.1 Å². The van der Waals surface area contributed by atoms with E-state index in [0.717, 1.165) is 12.3 Å². The topological polar surface area (TPSA) is 54.3 Å². The highest BCUT2D eigenvalue weighted by atomic mass is 16.3. The van der Waals surface area contributed by atoms with E-state index in [1.807, 2.05) is 19.1 Å². The number of furan rings is 1. The number of nitrogens with one attached hydrogen (secondary N) is 2. The molecule has 106 valence electrons. The molecule has 2 rings (SSSR count). The molecule has 1 aliphatic rings. The van der Waals surface area contributed by atoms with E-state index in [1.165, 1.54) is 25.7 Å². The number of rotatable bonds is 7. The number of amides is 1. The highest BCUT2D eigenvalue weighted by Crippen LogP contribution is 2.43. The maximum atomic E-state index is 11.9. The molecule has 0 aromatic carbocycles.